The van der Waals surface area contributed by atoms with E-state index in [0.717, 1.165) is 15.9 Å². The number of nitrogens with one attached hydrogen (secondary N) is 1. The second-order valence-electron chi connectivity index (χ2n) is 3.13. The molecular formula is C10H9BrN2O2. The Kier molecular flexibility index (Phi) is 3.01. The van der Waals surface area contributed by atoms with Gasteiger partial charge in [-0.05, 0) is 24.3 Å². The summed E-state index contributed by atoms with van der Waals surface area (Å²) in [6, 6.07) is 7.62. The lowest BCUT2D eigenvalue weighted by atomic mass is 10.3. The summed E-state index contributed by atoms with van der Waals surface area (Å²) in [6.07, 6.45) is 0.281. The van der Waals surface area contributed by atoms with Crippen molar-refractivity contribution in [1.82, 2.24) is 0 Å². The van der Waals surface area contributed by atoms with Crippen molar-refractivity contribution < 1.29 is 9.53 Å². The van der Waals surface area contributed by atoms with Crippen molar-refractivity contribution in [2.45, 2.75) is 6.42 Å². The first-order valence-corrected chi connectivity index (χ1v) is 5.26. The predicted molar refractivity (Wildman–Crippen MR) is 60.8 cm³/mol. The van der Waals surface area contributed by atoms with Gasteiger partial charge in [0.05, 0.1) is 17.8 Å². The summed E-state index contributed by atoms with van der Waals surface area (Å²) < 4.78 is 5.77. The number of esters is 1. The molecule has 0 aliphatic carbocycles. The molecule has 1 aromatic carbocycles. The van der Waals surface area contributed by atoms with E-state index >= 15 is 0 Å². The van der Waals surface area contributed by atoms with Gasteiger partial charge in [-0.25, -0.2) is 0 Å². The molecule has 1 aliphatic heterocycles. The maximum atomic E-state index is 10.8. The molecule has 1 heterocycles. The fraction of sp³-hybridized carbons (Fsp3) is 0.200. The van der Waals surface area contributed by atoms with Crippen LogP contribution in [-0.2, 0) is 9.53 Å². The average Bonchev–Trinajstić information content (AvgIpc) is 2.64. The highest BCUT2D eigenvalue weighted by molar-refractivity contribution is 9.10. The summed E-state index contributed by atoms with van der Waals surface area (Å²) in [5.41, 5.74) is 4.47. The molecule has 1 saturated heterocycles. The number of carbonyl (C=O) groups is 1. The standard InChI is InChI=1S/C10H9BrN2O2/c11-7-1-3-8(4-2-7)12-13-9-5-10(14)15-6-9/h1-4,12H,5-6H2. The lowest BCUT2D eigenvalue weighted by Gasteiger charge is -2.00. The fourth-order valence-corrected chi connectivity index (χ4v) is 1.44. The normalized spacial score (nSPS) is 17.9. The van der Waals surface area contributed by atoms with Crippen molar-refractivity contribution in [3.05, 3.63) is 28.7 Å². The molecule has 0 saturated carbocycles. The van der Waals surface area contributed by atoms with E-state index in [2.05, 4.69) is 26.5 Å². The number of ether oxygens (including phenoxy) is 1. The van der Waals surface area contributed by atoms with Crippen LogP contribution in [0.3, 0.4) is 0 Å². The van der Waals surface area contributed by atoms with Gasteiger partial charge >= 0.3 is 5.97 Å². The predicted octanol–water partition coefficient (Wildman–Crippen LogP) is 2.16. The quantitative estimate of drug-likeness (QED) is 0.661. The van der Waals surface area contributed by atoms with Crippen LogP contribution in [0.25, 0.3) is 0 Å². The molecular weight excluding hydrogens is 260 g/mol. The van der Waals surface area contributed by atoms with Gasteiger partial charge in [0.1, 0.15) is 6.61 Å². The van der Waals surface area contributed by atoms with Crippen molar-refractivity contribution in [1.29, 1.82) is 0 Å². The number of halogens is 1. The minimum Gasteiger partial charge on any atom is -0.459 e. The average molecular weight is 269 g/mol. The Hall–Kier alpha value is -1.36. The molecule has 0 spiro atoms. The van der Waals surface area contributed by atoms with E-state index in [0.29, 0.717) is 6.61 Å². The number of nitrogens with zero attached hydrogens (tertiary/aromatic N) is 1. The van der Waals surface area contributed by atoms with Gasteiger partial charge in [-0.2, -0.15) is 5.10 Å². The van der Waals surface area contributed by atoms with Gasteiger partial charge in [-0.3, -0.25) is 10.2 Å². The van der Waals surface area contributed by atoms with E-state index in [-0.39, 0.29) is 12.4 Å². The van der Waals surface area contributed by atoms with Crippen LogP contribution < -0.4 is 5.43 Å². The molecule has 0 atom stereocenters. The molecule has 4 nitrogen and oxygen atoms in total. The SMILES string of the molecule is O=C1CC(=NNc2ccc(Br)cc2)CO1. The minimum absolute atomic E-state index is 0.216. The third kappa shape index (κ3) is 2.79. The molecule has 0 amide bonds. The van der Waals surface area contributed by atoms with Crippen LogP contribution in [0.5, 0.6) is 0 Å². The number of benzene rings is 1. The summed E-state index contributed by atoms with van der Waals surface area (Å²) in [6.45, 7) is 0.294. The van der Waals surface area contributed by atoms with Gasteiger partial charge in [0.25, 0.3) is 0 Å². The van der Waals surface area contributed by atoms with Gasteiger partial charge in [-0.15, -0.1) is 0 Å². The molecule has 15 heavy (non-hydrogen) atoms. The molecule has 0 aromatic heterocycles. The zero-order valence-electron chi connectivity index (χ0n) is 7.87. The number of carbonyl (C=O) groups excluding carboxylic acids is 1. The van der Waals surface area contributed by atoms with E-state index in [4.69, 9.17) is 4.74 Å². The van der Waals surface area contributed by atoms with E-state index in [1.54, 1.807) is 0 Å². The van der Waals surface area contributed by atoms with Crippen molar-refractivity contribution in [2.75, 3.05) is 12.0 Å². The van der Waals surface area contributed by atoms with E-state index < -0.39 is 0 Å². The first kappa shape index (κ1) is 10.2. The minimum atomic E-state index is -0.216. The zero-order valence-corrected chi connectivity index (χ0v) is 9.45. The summed E-state index contributed by atoms with van der Waals surface area (Å²) in [5.74, 6) is -0.216. The van der Waals surface area contributed by atoms with Gasteiger partial charge in [0.15, 0.2) is 0 Å². The van der Waals surface area contributed by atoms with E-state index in [1.807, 2.05) is 24.3 Å². The van der Waals surface area contributed by atoms with Crippen molar-refractivity contribution >= 4 is 33.3 Å². The summed E-state index contributed by atoms with van der Waals surface area (Å²) >= 11 is 3.34. The molecule has 1 fully saturated rings. The Morgan fingerprint density at radius 1 is 1.33 bits per heavy atom. The van der Waals surface area contributed by atoms with Gasteiger partial charge in [0.2, 0.25) is 0 Å². The van der Waals surface area contributed by atoms with Crippen LogP contribution in [-0.4, -0.2) is 18.3 Å². The second kappa shape index (κ2) is 4.44. The van der Waals surface area contributed by atoms with Crippen LogP contribution in [0.15, 0.2) is 33.8 Å². The van der Waals surface area contributed by atoms with Crippen LogP contribution in [0, 0.1) is 0 Å². The molecule has 0 radical (unpaired) electrons. The highest BCUT2D eigenvalue weighted by atomic mass is 79.9. The Morgan fingerprint density at radius 3 is 2.67 bits per heavy atom. The highest BCUT2D eigenvalue weighted by Crippen LogP contribution is 2.14. The molecule has 1 aliphatic rings. The number of hydrogen-bond donors (Lipinski definition) is 1. The maximum absolute atomic E-state index is 10.8. The van der Waals surface area contributed by atoms with Gasteiger partial charge in [-0.1, -0.05) is 15.9 Å². The Morgan fingerprint density at radius 2 is 2.07 bits per heavy atom. The number of rotatable bonds is 2. The molecule has 2 rings (SSSR count). The lowest BCUT2D eigenvalue weighted by Crippen LogP contribution is -2.00. The van der Waals surface area contributed by atoms with Crippen LogP contribution >= 0.6 is 15.9 Å². The Labute approximate surface area is 95.4 Å². The van der Waals surface area contributed by atoms with Gasteiger partial charge in [0, 0.05) is 4.47 Å². The number of cyclic esters (lactones) is 1. The summed E-state index contributed by atoms with van der Waals surface area (Å²) in [7, 11) is 0. The third-order valence-electron chi connectivity index (χ3n) is 1.94. The molecule has 5 heteroatoms. The molecule has 1 N–H and O–H groups in total. The number of hydrogen-bond acceptors (Lipinski definition) is 4. The van der Waals surface area contributed by atoms with E-state index in [9.17, 15) is 4.79 Å². The first-order chi connectivity index (χ1) is 7.24. The zero-order chi connectivity index (χ0) is 10.7. The lowest BCUT2D eigenvalue weighted by molar-refractivity contribution is -0.137. The smallest absolute Gasteiger partial charge is 0.312 e. The summed E-state index contributed by atoms with van der Waals surface area (Å²) in [5, 5.41) is 4.08. The second-order valence-corrected chi connectivity index (χ2v) is 4.05. The number of anilines is 1. The summed E-state index contributed by atoms with van der Waals surface area (Å²) in [4.78, 5) is 10.8. The van der Waals surface area contributed by atoms with Gasteiger partial charge < -0.3 is 4.74 Å². The topological polar surface area (TPSA) is 50.7 Å². The maximum Gasteiger partial charge on any atom is 0.312 e. The first-order valence-electron chi connectivity index (χ1n) is 4.47. The Balaban J connectivity index is 1.98. The Bertz CT molecular complexity index is 400. The van der Waals surface area contributed by atoms with Crippen LogP contribution in [0.4, 0.5) is 5.69 Å². The fourth-order valence-electron chi connectivity index (χ4n) is 1.17. The van der Waals surface area contributed by atoms with Crippen molar-refractivity contribution in [2.24, 2.45) is 5.10 Å². The van der Waals surface area contributed by atoms with Crippen molar-refractivity contribution in [3.63, 3.8) is 0 Å². The van der Waals surface area contributed by atoms with Crippen LogP contribution in [0.2, 0.25) is 0 Å². The molecule has 0 unspecified atom stereocenters. The third-order valence-corrected chi connectivity index (χ3v) is 2.46. The highest BCUT2D eigenvalue weighted by Gasteiger charge is 2.17. The molecule has 1 aromatic rings. The molecule has 0 bridgehead atoms. The molecule has 78 valence electrons. The number of hydrazone groups is 1. The van der Waals surface area contributed by atoms with Crippen LogP contribution in [0.1, 0.15) is 6.42 Å². The largest absolute Gasteiger partial charge is 0.459 e. The van der Waals surface area contributed by atoms with Crippen molar-refractivity contribution in [3.8, 4) is 0 Å². The monoisotopic (exact) mass is 268 g/mol. The van der Waals surface area contributed by atoms with E-state index in [1.165, 1.54) is 0 Å².